The standard InChI is InChI=1S/C19H26ClFO4/c1-4-5-6-7-8-9-13-24-17(22)19(2,3)18(23)25-16-14(20)11-10-12-15(16)21/h10-12H,4-9,13H2,1-3H3. The average molecular weight is 373 g/mol. The molecular weight excluding hydrogens is 347 g/mol. The lowest BCUT2D eigenvalue weighted by Gasteiger charge is -2.21. The first kappa shape index (κ1) is 21.4. The largest absolute Gasteiger partial charge is 0.465 e. The van der Waals surface area contributed by atoms with Crippen molar-refractivity contribution in [3.05, 3.63) is 29.0 Å². The van der Waals surface area contributed by atoms with Gasteiger partial charge in [0.1, 0.15) is 0 Å². The van der Waals surface area contributed by atoms with Crippen LogP contribution in [-0.4, -0.2) is 18.5 Å². The van der Waals surface area contributed by atoms with Gasteiger partial charge in [-0.2, -0.15) is 0 Å². The number of halogens is 2. The summed E-state index contributed by atoms with van der Waals surface area (Å²) in [5.74, 6) is -2.76. The Balaban J connectivity index is 2.49. The lowest BCUT2D eigenvalue weighted by Crippen LogP contribution is -2.38. The van der Waals surface area contributed by atoms with Gasteiger partial charge in [-0.15, -0.1) is 0 Å². The number of hydrogen-bond donors (Lipinski definition) is 0. The molecule has 1 aromatic rings. The van der Waals surface area contributed by atoms with E-state index >= 15 is 0 Å². The third-order valence-corrected chi connectivity index (χ3v) is 4.16. The fourth-order valence-corrected chi connectivity index (χ4v) is 2.31. The van der Waals surface area contributed by atoms with Crippen LogP contribution in [0, 0.1) is 11.2 Å². The van der Waals surface area contributed by atoms with Gasteiger partial charge in [-0.1, -0.05) is 56.7 Å². The van der Waals surface area contributed by atoms with Crippen LogP contribution in [0.25, 0.3) is 0 Å². The summed E-state index contributed by atoms with van der Waals surface area (Å²) in [6.45, 7) is 5.17. The van der Waals surface area contributed by atoms with Gasteiger partial charge in [0, 0.05) is 0 Å². The normalized spacial score (nSPS) is 11.2. The number of carbonyl (C=O) groups is 2. The van der Waals surface area contributed by atoms with E-state index in [1.807, 2.05) is 0 Å². The highest BCUT2D eigenvalue weighted by molar-refractivity contribution is 6.32. The summed E-state index contributed by atoms with van der Waals surface area (Å²) < 4.78 is 23.9. The van der Waals surface area contributed by atoms with Crippen molar-refractivity contribution in [2.75, 3.05) is 6.61 Å². The number of hydrogen-bond acceptors (Lipinski definition) is 4. The Morgan fingerprint density at radius 3 is 2.36 bits per heavy atom. The quantitative estimate of drug-likeness (QED) is 0.241. The molecule has 0 spiro atoms. The summed E-state index contributed by atoms with van der Waals surface area (Å²) in [7, 11) is 0. The van der Waals surface area contributed by atoms with Gasteiger partial charge in [-0.05, 0) is 32.4 Å². The van der Waals surface area contributed by atoms with Crippen LogP contribution in [-0.2, 0) is 14.3 Å². The number of para-hydroxylation sites is 1. The zero-order chi connectivity index (χ0) is 18.9. The molecule has 0 saturated carbocycles. The molecule has 0 aromatic heterocycles. The Labute approximate surface area is 153 Å². The minimum Gasteiger partial charge on any atom is -0.465 e. The van der Waals surface area contributed by atoms with Crippen LogP contribution in [0.1, 0.15) is 59.3 Å². The average Bonchev–Trinajstić information content (AvgIpc) is 2.57. The van der Waals surface area contributed by atoms with E-state index in [0.717, 1.165) is 25.3 Å². The van der Waals surface area contributed by atoms with Crippen LogP contribution in [0.3, 0.4) is 0 Å². The number of ether oxygens (including phenoxy) is 2. The second kappa shape index (κ2) is 10.4. The summed E-state index contributed by atoms with van der Waals surface area (Å²) in [4.78, 5) is 24.4. The predicted molar refractivity (Wildman–Crippen MR) is 95.2 cm³/mol. The highest BCUT2D eigenvalue weighted by atomic mass is 35.5. The Kier molecular flexibility index (Phi) is 8.90. The lowest BCUT2D eigenvalue weighted by atomic mass is 9.94. The van der Waals surface area contributed by atoms with Crippen LogP contribution >= 0.6 is 11.6 Å². The van der Waals surface area contributed by atoms with E-state index in [0.29, 0.717) is 0 Å². The molecule has 25 heavy (non-hydrogen) atoms. The highest BCUT2D eigenvalue weighted by Crippen LogP contribution is 2.30. The van der Waals surface area contributed by atoms with Crippen molar-refractivity contribution in [3.63, 3.8) is 0 Å². The Morgan fingerprint density at radius 1 is 1.08 bits per heavy atom. The molecule has 0 aliphatic rings. The molecule has 1 rings (SSSR count). The van der Waals surface area contributed by atoms with E-state index in [4.69, 9.17) is 21.1 Å². The van der Waals surface area contributed by atoms with Crippen molar-refractivity contribution >= 4 is 23.5 Å². The van der Waals surface area contributed by atoms with Crippen LogP contribution in [0.2, 0.25) is 5.02 Å². The zero-order valence-electron chi connectivity index (χ0n) is 15.1. The summed E-state index contributed by atoms with van der Waals surface area (Å²) in [5.41, 5.74) is -1.55. The molecule has 4 nitrogen and oxygen atoms in total. The molecule has 0 amide bonds. The molecule has 1 aromatic carbocycles. The topological polar surface area (TPSA) is 52.6 Å². The van der Waals surface area contributed by atoms with Gasteiger partial charge in [-0.25, -0.2) is 4.39 Å². The van der Waals surface area contributed by atoms with E-state index in [1.54, 1.807) is 0 Å². The first-order valence-electron chi connectivity index (χ1n) is 8.64. The van der Waals surface area contributed by atoms with Crippen molar-refractivity contribution in [2.24, 2.45) is 5.41 Å². The number of esters is 2. The molecule has 0 aliphatic carbocycles. The van der Waals surface area contributed by atoms with E-state index in [9.17, 15) is 14.0 Å². The highest BCUT2D eigenvalue weighted by Gasteiger charge is 2.40. The first-order valence-corrected chi connectivity index (χ1v) is 9.02. The van der Waals surface area contributed by atoms with E-state index < -0.39 is 23.2 Å². The Morgan fingerprint density at radius 2 is 1.72 bits per heavy atom. The van der Waals surface area contributed by atoms with Gasteiger partial charge in [0.15, 0.2) is 17.0 Å². The molecule has 0 N–H and O–H groups in total. The van der Waals surface area contributed by atoms with E-state index in [1.165, 1.54) is 45.2 Å². The molecule has 0 saturated heterocycles. The maximum absolute atomic E-state index is 13.7. The van der Waals surface area contributed by atoms with Crippen molar-refractivity contribution in [3.8, 4) is 5.75 Å². The molecule has 0 heterocycles. The van der Waals surface area contributed by atoms with Crippen molar-refractivity contribution in [1.82, 2.24) is 0 Å². The van der Waals surface area contributed by atoms with Crippen molar-refractivity contribution in [2.45, 2.75) is 59.3 Å². The zero-order valence-corrected chi connectivity index (χ0v) is 15.8. The SMILES string of the molecule is CCCCCCCCOC(=O)C(C)(C)C(=O)Oc1c(F)cccc1Cl. The predicted octanol–water partition coefficient (Wildman–Crippen LogP) is 5.31. The second-order valence-electron chi connectivity index (χ2n) is 6.47. The molecule has 0 aliphatic heterocycles. The molecule has 0 atom stereocenters. The summed E-state index contributed by atoms with van der Waals surface area (Å²) in [5, 5.41) is -0.0374. The van der Waals surface area contributed by atoms with Crippen molar-refractivity contribution in [1.29, 1.82) is 0 Å². The number of rotatable bonds is 10. The van der Waals surface area contributed by atoms with Crippen LogP contribution in [0.5, 0.6) is 5.75 Å². The van der Waals surface area contributed by atoms with E-state index in [2.05, 4.69) is 6.92 Å². The summed E-state index contributed by atoms with van der Waals surface area (Å²) in [6.07, 6.45) is 6.38. The van der Waals surface area contributed by atoms with Gasteiger partial charge in [0.25, 0.3) is 0 Å². The van der Waals surface area contributed by atoms with Crippen LogP contribution < -0.4 is 4.74 Å². The smallest absolute Gasteiger partial charge is 0.328 e. The lowest BCUT2D eigenvalue weighted by molar-refractivity contribution is -0.164. The third-order valence-electron chi connectivity index (χ3n) is 3.87. The van der Waals surface area contributed by atoms with Gasteiger partial charge in [0.2, 0.25) is 0 Å². The van der Waals surface area contributed by atoms with Crippen LogP contribution in [0.4, 0.5) is 4.39 Å². The fourth-order valence-electron chi connectivity index (χ4n) is 2.11. The molecule has 6 heteroatoms. The second-order valence-corrected chi connectivity index (χ2v) is 6.88. The molecule has 0 unspecified atom stereocenters. The van der Waals surface area contributed by atoms with Crippen molar-refractivity contribution < 1.29 is 23.5 Å². The van der Waals surface area contributed by atoms with E-state index in [-0.39, 0.29) is 17.4 Å². The summed E-state index contributed by atoms with van der Waals surface area (Å²) >= 11 is 5.82. The minimum absolute atomic E-state index is 0.0374. The van der Waals surface area contributed by atoms with Gasteiger partial charge >= 0.3 is 11.9 Å². The molecule has 140 valence electrons. The molecular formula is C19H26ClFO4. The Hall–Kier alpha value is -1.62. The van der Waals surface area contributed by atoms with Crippen LogP contribution in [0.15, 0.2) is 18.2 Å². The van der Waals surface area contributed by atoms with Gasteiger partial charge < -0.3 is 9.47 Å². The van der Waals surface area contributed by atoms with Gasteiger partial charge in [0.05, 0.1) is 11.6 Å². The number of benzene rings is 1. The fraction of sp³-hybridized carbons (Fsp3) is 0.579. The third kappa shape index (κ3) is 6.65. The Bertz CT molecular complexity index is 567. The first-order chi connectivity index (χ1) is 11.8. The molecule has 0 radical (unpaired) electrons. The number of unbranched alkanes of at least 4 members (excludes halogenated alkanes) is 5. The number of carbonyl (C=O) groups excluding carboxylic acids is 2. The summed E-state index contributed by atoms with van der Waals surface area (Å²) in [6, 6.07) is 3.92. The molecule has 0 fully saturated rings. The van der Waals surface area contributed by atoms with Gasteiger partial charge in [-0.3, -0.25) is 9.59 Å². The molecule has 0 bridgehead atoms. The minimum atomic E-state index is -1.55. The maximum atomic E-state index is 13.7. The monoisotopic (exact) mass is 372 g/mol. The maximum Gasteiger partial charge on any atom is 0.328 e.